The molecule has 1 amide bonds. The van der Waals surface area contributed by atoms with E-state index in [1.807, 2.05) is 0 Å². The fraction of sp³-hybridized carbons (Fsp3) is 0.400. The van der Waals surface area contributed by atoms with Crippen molar-refractivity contribution in [2.75, 3.05) is 25.1 Å². The number of halogens is 1. The summed E-state index contributed by atoms with van der Waals surface area (Å²) in [5.74, 6) is 5.54. The molecule has 3 N–H and O–H groups in total. The highest BCUT2D eigenvalue weighted by molar-refractivity contribution is 6.30. The topological polar surface area (TPSA) is 64.3 Å². The van der Waals surface area contributed by atoms with Crippen LogP contribution in [0.5, 0.6) is 0 Å². The highest BCUT2D eigenvalue weighted by Gasteiger charge is 2.22. The number of benzene rings is 1. The molecule has 106 valence electrons. The summed E-state index contributed by atoms with van der Waals surface area (Å²) in [6, 6.07) is 5.20. The van der Waals surface area contributed by atoms with Crippen LogP contribution in [-0.2, 0) is 9.53 Å². The molecule has 1 saturated heterocycles. The largest absolute Gasteiger partial charge is 0.381 e. The van der Waals surface area contributed by atoms with Crippen LogP contribution in [-0.4, -0.2) is 25.7 Å². The summed E-state index contributed by atoms with van der Waals surface area (Å²) in [4.78, 5) is 12.2. The van der Waals surface area contributed by atoms with E-state index in [1.54, 1.807) is 18.2 Å². The van der Waals surface area contributed by atoms with Gasteiger partial charge >= 0.3 is 0 Å². The molecule has 0 aromatic heterocycles. The van der Waals surface area contributed by atoms with Gasteiger partial charge < -0.3 is 15.8 Å². The number of carbonyl (C=O) groups excluding carboxylic acids is 1. The van der Waals surface area contributed by atoms with E-state index in [0.29, 0.717) is 22.9 Å². The molecule has 1 heterocycles. The van der Waals surface area contributed by atoms with Crippen LogP contribution in [0, 0.1) is 17.8 Å². The fourth-order valence-corrected chi connectivity index (χ4v) is 2.23. The van der Waals surface area contributed by atoms with Crippen molar-refractivity contribution in [1.82, 2.24) is 0 Å². The summed E-state index contributed by atoms with van der Waals surface area (Å²) >= 11 is 5.95. The minimum absolute atomic E-state index is 0.0391. The lowest BCUT2D eigenvalue weighted by Gasteiger charge is -2.21. The summed E-state index contributed by atoms with van der Waals surface area (Å²) < 4.78 is 5.33. The average molecular weight is 293 g/mol. The van der Waals surface area contributed by atoms with Crippen LogP contribution < -0.4 is 11.1 Å². The van der Waals surface area contributed by atoms with Crippen molar-refractivity contribution in [1.29, 1.82) is 0 Å². The third-order valence-electron chi connectivity index (χ3n) is 3.10. The molecule has 1 aromatic carbocycles. The minimum Gasteiger partial charge on any atom is -0.381 e. The van der Waals surface area contributed by atoms with E-state index in [9.17, 15) is 4.79 Å². The number of amides is 1. The van der Waals surface area contributed by atoms with Crippen molar-refractivity contribution in [2.45, 2.75) is 12.8 Å². The number of hydrogen-bond donors (Lipinski definition) is 2. The van der Waals surface area contributed by atoms with Crippen molar-refractivity contribution < 1.29 is 9.53 Å². The lowest BCUT2D eigenvalue weighted by molar-refractivity contribution is -0.123. The number of nitrogens with one attached hydrogen (secondary N) is 1. The molecule has 1 fully saturated rings. The first-order chi connectivity index (χ1) is 9.70. The first kappa shape index (κ1) is 14.9. The van der Waals surface area contributed by atoms with Gasteiger partial charge in [-0.25, -0.2) is 0 Å². The lowest BCUT2D eigenvalue weighted by atomic mass is 10.0. The smallest absolute Gasteiger partial charge is 0.229 e. The van der Waals surface area contributed by atoms with Crippen molar-refractivity contribution in [3.05, 3.63) is 28.8 Å². The average Bonchev–Trinajstić information content (AvgIpc) is 2.48. The standard InChI is InChI=1S/C15H17ClN2O2/c16-13-5-6-14(11(9-13)3-1-7-17)18-15(19)12-4-2-8-20-10-12/h5-6,9,12H,2,4,7-8,10,17H2,(H,18,19). The molecule has 0 radical (unpaired) electrons. The van der Waals surface area contributed by atoms with Gasteiger partial charge in [0.2, 0.25) is 5.91 Å². The quantitative estimate of drug-likeness (QED) is 0.820. The van der Waals surface area contributed by atoms with Gasteiger partial charge in [-0.2, -0.15) is 0 Å². The van der Waals surface area contributed by atoms with E-state index in [4.69, 9.17) is 22.1 Å². The highest BCUT2D eigenvalue weighted by Crippen LogP contribution is 2.22. The maximum atomic E-state index is 12.2. The van der Waals surface area contributed by atoms with Crippen LogP contribution >= 0.6 is 11.6 Å². The Bertz CT molecular complexity index is 543. The van der Waals surface area contributed by atoms with Gasteiger partial charge in [0.15, 0.2) is 0 Å². The van der Waals surface area contributed by atoms with Crippen LogP contribution in [0.2, 0.25) is 5.02 Å². The molecule has 0 aliphatic carbocycles. The van der Waals surface area contributed by atoms with E-state index in [2.05, 4.69) is 17.2 Å². The molecule has 0 saturated carbocycles. The second kappa shape index (κ2) is 7.30. The van der Waals surface area contributed by atoms with Crippen molar-refractivity contribution in [3.63, 3.8) is 0 Å². The van der Waals surface area contributed by atoms with Crippen LogP contribution in [0.3, 0.4) is 0 Å². The van der Waals surface area contributed by atoms with E-state index < -0.39 is 0 Å². The summed E-state index contributed by atoms with van der Waals surface area (Å²) in [5, 5.41) is 3.47. The molecular weight excluding hydrogens is 276 g/mol. The van der Waals surface area contributed by atoms with Crippen molar-refractivity contribution in [3.8, 4) is 11.8 Å². The molecule has 0 bridgehead atoms. The highest BCUT2D eigenvalue weighted by atomic mass is 35.5. The number of anilines is 1. The number of ether oxygens (including phenoxy) is 1. The Morgan fingerprint density at radius 3 is 3.10 bits per heavy atom. The third kappa shape index (κ3) is 3.97. The first-order valence-corrected chi connectivity index (χ1v) is 6.95. The summed E-state index contributed by atoms with van der Waals surface area (Å²) in [5.41, 5.74) is 6.70. The fourth-order valence-electron chi connectivity index (χ4n) is 2.06. The maximum Gasteiger partial charge on any atom is 0.229 e. The summed E-state index contributed by atoms with van der Waals surface area (Å²) in [6.45, 7) is 1.47. The van der Waals surface area contributed by atoms with Crippen LogP contribution in [0.4, 0.5) is 5.69 Å². The molecule has 1 atom stereocenters. The molecule has 4 nitrogen and oxygen atoms in total. The second-order valence-electron chi connectivity index (χ2n) is 4.60. The molecule has 1 aromatic rings. The Morgan fingerprint density at radius 2 is 2.40 bits per heavy atom. The van der Waals surface area contributed by atoms with Crippen LogP contribution in [0.15, 0.2) is 18.2 Å². The molecule has 1 unspecified atom stereocenters. The normalized spacial score (nSPS) is 18.0. The SMILES string of the molecule is NCC#Cc1cc(Cl)ccc1NC(=O)C1CCCOC1. The van der Waals surface area contributed by atoms with Gasteiger partial charge in [-0.05, 0) is 31.0 Å². The minimum atomic E-state index is -0.102. The number of nitrogens with two attached hydrogens (primary N) is 1. The summed E-state index contributed by atoms with van der Waals surface area (Å²) in [7, 11) is 0. The molecule has 5 heteroatoms. The molecular formula is C15H17ClN2O2. The molecule has 2 rings (SSSR count). The van der Waals surface area contributed by atoms with Crippen molar-refractivity contribution in [2.24, 2.45) is 11.7 Å². The van der Waals surface area contributed by atoms with Gasteiger partial charge in [0.1, 0.15) is 0 Å². The molecule has 0 spiro atoms. The Hall–Kier alpha value is -1.54. The number of rotatable bonds is 2. The van der Waals surface area contributed by atoms with E-state index in [0.717, 1.165) is 19.4 Å². The zero-order valence-electron chi connectivity index (χ0n) is 11.1. The Kier molecular flexibility index (Phi) is 5.42. The predicted molar refractivity (Wildman–Crippen MR) is 79.6 cm³/mol. The van der Waals surface area contributed by atoms with Crippen LogP contribution in [0.25, 0.3) is 0 Å². The van der Waals surface area contributed by atoms with E-state index in [-0.39, 0.29) is 18.4 Å². The lowest BCUT2D eigenvalue weighted by Crippen LogP contribution is -2.30. The van der Waals surface area contributed by atoms with Crippen molar-refractivity contribution >= 4 is 23.2 Å². The van der Waals surface area contributed by atoms with Crippen LogP contribution in [0.1, 0.15) is 18.4 Å². The Balaban J connectivity index is 2.13. The zero-order valence-corrected chi connectivity index (χ0v) is 11.9. The number of carbonyl (C=O) groups is 1. The first-order valence-electron chi connectivity index (χ1n) is 6.58. The van der Waals surface area contributed by atoms with Gasteiger partial charge in [-0.1, -0.05) is 23.4 Å². The van der Waals surface area contributed by atoms with Gasteiger partial charge in [-0.15, -0.1) is 0 Å². The monoisotopic (exact) mass is 292 g/mol. The van der Waals surface area contributed by atoms with E-state index >= 15 is 0 Å². The molecule has 20 heavy (non-hydrogen) atoms. The zero-order chi connectivity index (χ0) is 14.4. The predicted octanol–water partition coefficient (Wildman–Crippen LogP) is 2.02. The Morgan fingerprint density at radius 1 is 1.55 bits per heavy atom. The molecule has 1 aliphatic rings. The van der Waals surface area contributed by atoms with Gasteiger partial charge in [0, 0.05) is 17.2 Å². The maximum absolute atomic E-state index is 12.2. The number of hydrogen-bond acceptors (Lipinski definition) is 3. The molecule has 1 aliphatic heterocycles. The van der Waals surface area contributed by atoms with Gasteiger partial charge in [-0.3, -0.25) is 4.79 Å². The Labute approximate surface area is 123 Å². The van der Waals surface area contributed by atoms with Gasteiger partial charge in [0.05, 0.1) is 24.8 Å². The van der Waals surface area contributed by atoms with Gasteiger partial charge in [0.25, 0.3) is 0 Å². The third-order valence-corrected chi connectivity index (χ3v) is 3.33. The summed E-state index contributed by atoms with van der Waals surface area (Å²) in [6.07, 6.45) is 1.77. The van der Waals surface area contributed by atoms with E-state index in [1.165, 1.54) is 0 Å². The second-order valence-corrected chi connectivity index (χ2v) is 5.04.